The van der Waals surface area contributed by atoms with Crippen LogP contribution in [0.2, 0.25) is 0 Å². The minimum Gasteiger partial charge on any atom is -0.327 e. The smallest absolute Gasteiger partial charge is 0.134 e. The minimum absolute atomic E-state index is 0.0378. The predicted molar refractivity (Wildman–Crippen MR) is 58.2 cm³/mol. The molecule has 0 radical (unpaired) electrons. The van der Waals surface area contributed by atoms with E-state index < -0.39 is 11.1 Å². The molecule has 1 atom stereocenters. The first-order chi connectivity index (χ1) is 6.39. The van der Waals surface area contributed by atoms with Crippen LogP contribution < -0.4 is 5.73 Å². The molecule has 1 rings (SSSR count). The van der Waals surface area contributed by atoms with Gasteiger partial charge in [-0.25, -0.2) is 9.37 Å². The Morgan fingerprint density at radius 2 is 2.14 bits per heavy atom. The molecular formula is C10H17FN2S. The van der Waals surface area contributed by atoms with Crippen molar-refractivity contribution in [3.8, 4) is 0 Å². The molecule has 0 saturated heterocycles. The first-order valence-electron chi connectivity index (χ1n) is 4.66. The number of nitrogens with two attached hydrogens (primary N) is 1. The van der Waals surface area contributed by atoms with Crippen molar-refractivity contribution in [2.45, 2.75) is 32.9 Å². The van der Waals surface area contributed by atoms with Gasteiger partial charge in [0.25, 0.3) is 0 Å². The van der Waals surface area contributed by atoms with Gasteiger partial charge >= 0.3 is 0 Å². The van der Waals surface area contributed by atoms with Crippen molar-refractivity contribution < 1.29 is 4.39 Å². The Balaban J connectivity index is 2.82. The molecule has 1 heterocycles. The molecule has 0 aliphatic rings. The Bertz CT molecular complexity index is 279. The zero-order valence-electron chi connectivity index (χ0n) is 8.88. The van der Waals surface area contributed by atoms with Crippen molar-refractivity contribution in [2.24, 2.45) is 11.1 Å². The number of halogens is 1. The van der Waals surface area contributed by atoms with Crippen LogP contribution in [0.15, 0.2) is 11.6 Å². The summed E-state index contributed by atoms with van der Waals surface area (Å²) < 4.78 is 14.4. The predicted octanol–water partition coefficient (Wildman–Crippen LogP) is 2.40. The van der Waals surface area contributed by atoms with E-state index in [1.165, 1.54) is 11.3 Å². The Morgan fingerprint density at radius 3 is 2.50 bits per heavy atom. The number of nitrogens with zero attached hydrogens (tertiary/aromatic N) is 1. The number of rotatable bonds is 3. The fourth-order valence-electron chi connectivity index (χ4n) is 1.22. The fourth-order valence-corrected chi connectivity index (χ4v) is 1.94. The maximum atomic E-state index is 14.4. The van der Waals surface area contributed by atoms with Gasteiger partial charge in [0, 0.05) is 24.5 Å². The van der Waals surface area contributed by atoms with Gasteiger partial charge in [-0.3, -0.25) is 0 Å². The third-order valence-electron chi connectivity index (χ3n) is 2.58. The number of thiazole rings is 1. The molecule has 0 saturated carbocycles. The molecule has 1 aromatic rings. The Labute approximate surface area is 88.4 Å². The first-order valence-corrected chi connectivity index (χ1v) is 5.54. The molecule has 1 unspecified atom stereocenters. The molecule has 4 heteroatoms. The van der Waals surface area contributed by atoms with E-state index in [9.17, 15) is 4.39 Å². The second-order valence-electron chi connectivity index (χ2n) is 4.52. The largest absolute Gasteiger partial charge is 0.327 e. The van der Waals surface area contributed by atoms with Crippen molar-refractivity contribution in [3.63, 3.8) is 0 Å². The summed E-state index contributed by atoms with van der Waals surface area (Å²) in [5.74, 6) is 0. The second-order valence-corrected chi connectivity index (χ2v) is 5.50. The third kappa shape index (κ3) is 2.30. The first kappa shape index (κ1) is 11.6. The van der Waals surface area contributed by atoms with E-state index >= 15 is 0 Å². The molecule has 1 aromatic heterocycles. The van der Waals surface area contributed by atoms with Crippen LogP contribution in [0.4, 0.5) is 4.39 Å². The lowest BCUT2D eigenvalue weighted by Crippen LogP contribution is -2.47. The van der Waals surface area contributed by atoms with Crippen LogP contribution in [-0.2, 0) is 6.42 Å². The summed E-state index contributed by atoms with van der Waals surface area (Å²) in [6.07, 6.45) is 2.00. The van der Waals surface area contributed by atoms with E-state index in [-0.39, 0.29) is 6.54 Å². The van der Waals surface area contributed by atoms with Gasteiger partial charge in [0.2, 0.25) is 0 Å². The van der Waals surface area contributed by atoms with E-state index in [1.807, 2.05) is 26.2 Å². The molecule has 80 valence electrons. The number of hydrogen-bond acceptors (Lipinski definition) is 3. The normalized spacial score (nSPS) is 16.6. The highest BCUT2D eigenvalue weighted by Gasteiger charge is 2.41. The van der Waals surface area contributed by atoms with Gasteiger partial charge in [0.05, 0.1) is 5.01 Å². The molecule has 2 N–H and O–H groups in total. The molecule has 0 aliphatic heterocycles. The molecule has 14 heavy (non-hydrogen) atoms. The van der Waals surface area contributed by atoms with E-state index in [2.05, 4.69) is 4.98 Å². The molecule has 0 aromatic carbocycles. The molecular weight excluding hydrogens is 199 g/mol. The standard InChI is InChI=1S/C10H17FN2S/c1-9(2,3)10(11,7-12)6-8-13-4-5-14-8/h4-5H,6-7,12H2,1-3H3. The summed E-state index contributed by atoms with van der Waals surface area (Å²) >= 11 is 1.47. The van der Waals surface area contributed by atoms with Crippen LogP contribution in [-0.4, -0.2) is 17.2 Å². The third-order valence-corrected chi connectivity index (χ3v) is 3.36. The summed E-state index contributed by atoms with van der Waals surface area (Å²) in [7, 11) is 0. The number of aromatic nitrogens is 1. The summed E-state index contributed by atoms with van der Waals surface area (Å²) in [6.45, 7) is 5.64. The Morgan fingerprint density at radius 1 is 1.50 bits per heavy atom. The van der Waals surface area contributed by atoms with Crippen molar-refractivity contribution in [1.29, 1.82) is 0 Å². The van der Waals surface area contributed by atoms with E-state index in [0.29, 0.717) is 6.42 Å². The lowest BCUT2D eigenvalue weighted by molar-refractivity contribution is 0.0382. The van der Waals surface area contributed by atoms with Gasteiger partial charge in [-0.2, -0.15) is 0 Å². The van der Waals surface area contributed by atoms with Gasteiger partial charge < -0.3 is 5.73 Å². The molecule has 0 fully saturated rings. The molecule has 2 nitrogen and oxygen atoms in total. The van der Waals surface area contributed by atoms with Gasteiger partial charge in [-0.15, -0.1) is 11.3 Å². The molecule has 0 bridgehead atoms. The summed E-state index contributed by atoms with van der Waals surface area (Å²) in [4.78, 5) is 4.09. The topological polar surface area (TPSA) is 38.9 Å². The Kier molecular flexibility index (Phi) is 3.27. The van der Waals surface area contributed by atoms with Gasteiger partial charge in [-0.1, -0.05) is 20.8 Å². The monoisotopic (exact) mass is 216 g/mol. The van der Waals surface area contributed by atoms with Gasteiger partial charge in [0.15, 0.2) is 0 Å². The van der Waals surface area contributed by atoms with Crippen LogP contribution >= 0.6 is 11.3 Å². The number of alkyl halides is 1. The van der Waals surface area contributed by atoms with Crippen molar-refractivity contribution >= 4 is 11.3 Å². The average Bonchev–Trinajstić information content (AvgIpc) is 2.54. The van der Waals surface area contributed by atoms with Crippen LogP contribution in [0.1, 0.15) is 25.8 Å². The highest BCUT2D eigenvalue weighted by atomic mass is 32.1. The van der Waals surface area contributed by atoms with Gasteiger partial charge in [0.1, 0.15) is 5.67 Å². The van der Waals surface area contributed by atoms with E-state index in [0.717, 1.165) is 5.01 Å². The minimum atomic E-state index is -1.37. The highest BCUT2D eigenvalue weighted by Crippen LogP contribution is 2.36. The molecule has 0 amide bonds. The van der Waals surface area contributed by atoms with E-state index in [1.54, 1.807) is 6.20 Å². The SMILES string of the molecule is CC(C)(C)C(F)(CN)Cc1nccs1. The van der Waals surface area contributed by atoms with E-state index in [4.69, 9.17) is 5.73 Å². The maximum Gasteiger partial charge on any atom is 0.134 e. The quantitative estimate of drug-likeness (QED) is 0.842. The van der Waals surface area contributed by atoms with Crippen LogP contribution in [0.5, 0.6) is 0 Å². The Hall–Kier alpha value is -0.480. The van der Waals surface area contributed by atoms with Crippen LogP contribution in [0.3, 0.4) is 0 Å². The van der Waals surface area contributed by atoms with Gasteiger partial charge in [-0.05, 0) is 5.41 Å². The second kappa shape index (κ2) is 3.95. The maximum absolute atomic E-state index is 14.4. The van der Waals surface area contributed by atoms with Crippen LogP contribution in [0.25, 0.3) is 0 Å². The summed E-state index contributed by atoms with van der Waals surface area (Å²) in [5, 5.41) is 2.67. The fraction of sp³-hybridized carbons (Fsp3) is 0.700. The van der Waals surface area contributed by atoms with Crippen molar-refractivity contribution in [1.82, 2.24) is 4.98 Å². The average molecular weight is 216 g/mol. The highest BCUT2D eigenvalue weighted by molar-refractivity contribution is 7.09. The summed E-state index contributed by atoms with van der Waals surface area (Å²) in [5.41, 5.74) is 3.69. The van der Waals surface area contributed by atoms with Crippen molar-refractivity contribution in [2.75, 3.05) is 6.54 Å². The zero-order chi connectivity index (χ0) is 10.8. The molecule has 0 aliphatic carbocycles. The molecule has 0 spiro atoms. The van der Waals surface area contributed by atoms with Crippen molar-refractivity contribution in [3.05, 3.63) is 16.6 Å². The zero-order valence-corrected chi connectivity index (χ0v) is 9.70. The van der Waals surface area contributed by atoms with Crippen LogP contribution in [0, 0.1) is 5.41 Å². The summed E-state index contributed by atoms with van der Waals surface area (Å²) in [6, 6.07) is 0. The number of hydrogen-bond donors (Lipinski definition) is 1. The lowest BCUT2D eigenvalue weighted by Gasteiger charge is -2.36. The lowest BCUT2D eigenvalue weighted by atomic mass is 9.76.